The van der Waals surface area contributed by atoms with E-state index < -0.39 is 5.97 Å². The third-order valence-electron chi connectivity index (χ3n) is 3.71. The number of thioether (sulfide) groups is 1. The number of carbonyl (C=O) groups is 2. The van der Waals surface area contributed by atoms with Gasteiger partial charge in [-0.1, -0.05) is 35.6 Å². The second-order valence-electron chi connectivity index (χ2n) is 5.50. The number of methoxy groups -OCH3 is 2. The van der Waals surface area contributed by atoms with Crippen LogP contribution in [-0.2, 0) is 4.79 Å². The standard InChI is InChI=1S/C19H14ClNO5S2/c1-24-12-5-3-11(4-6-12)18(23)26-16-13(20)7-10(8-14(16)25-2)9-15-17(22)21-19(27)28-15/h3-9H,1-2H3,(H,21,22,27)/b15-9-. The highest BCUT2D eigenvalue weighted by molar-refractivity contribution is 8.26. The number of hydrogen-bond donors (Lipinski definition) is 1. The molecule has 2 aromatic carbocycles. The molecule has 1 N–H and O–H groups in total. The summed E-state index contributed by atoms with van der Waals surface area (Å²) in [6, 6.07) is 9.66. The van der Waals surface area contributed by atoms with Crippen molar-refractivity contribution in [2.75, 3.05) is 14.2 Å². The van der Waals surface area contributed by atoms with Crippen molar-refractivity contribution in [2.45, 2.75) is 0 Å². The van der Waals surface area contributed by atoms with Gasteiger partial charge in [0, 0.05) is 0 Å². The fourth-order valence-electron chi connectivity index (χ4n) is 2.37. The van der Waals surface area contributed by atoms with Crippen molar-refractivity contribution in [1.29, 1.82) is 0 Å². The number of rotatable bonds is 5. The molecular weight excluding hydrogens is 422 g/mol. The molecule has 0 spiro atoms. The van der Waals surface area contributed by atoms with Crippen LogP contribution in [0.15, 0.2) is 41.3 Å². The van der Waals surface area contributed by atoms with Crippen LogP contribution in [0.5, 0.6) is 17.2 Å². The SMILES string of the molecule is COc1ccc(C(=O)Oc2c(Cl)cc(/C=C3\SC(=S)NC3=O)cc2OC)cc1. The third-order valence-corrected chi connectivity index (χ3v) is 5.16. The number of carbonyl (C=O) groups excluding carboxylic acids is 2. The summed E-state index contributed by atoms with van der Waals surface area (Å²) >= 11 is 12.4. The summed E-state index contributed by atoms with van der Waals surface area (Å²) in [5.74, 6) is 0.0985. The second kappa shape index (κ2) is 8.64. The van der Waals surface area contributed by atoms with E-state index in [1.54, 1.807) is 42.5 Å². The van der Waals surface area contributed by atoms with Crippen molar-refractivity contribution in [1.82, 2.24) is 5.32 Å². The van der Waals surface area contributed by atoms with Crippen LogP contribution in [0.1, 0.15) is 15.9 Å². The zero-order chi connectivity index (χ0) is 20.3. The molecule has 3 rings (SSSR count). The summed E-state index contributed by atoms with van der Waals surface area (Å²) in [6.45, 7) is 0. The Balaban J connectivity index is 1.87. The van der Waals surface area contributed by atoms with Crippen LogP contribution in [0, 0.1) is 0 Å². The highest BCUT2D eigenvalue weighted by atomic mass is 35.5. The number of esters is 1. The van der Waals surface area contributed by atoms with Gasteiger partial charge in [0.05, 0.1) is 29.7 Å². The molecule has 2 aromatic rings. The Morgan fingerprint density at radius 1 is 1.18 bits per heavy atom. The summed E-state index contributed by atoms with van der Waals surface area (Å²) in [7, 11) is 2.97. The molecular formula is C19H14ClNO5S2. The van der Waals surface area contributed by atoms with E-state index in [-0.39, 0.29) is 22.4 Å². The van der Waals surface area contributed by atoms with Gasteiger partial charge in [-0.25, -0.2) is 4.79 Å². The molecule has 28 heavy (non-hydrogen) atoms. The van der Waals surface area contributed by atoms with Gasteiger partial charge in [-0.15, -0.1) is 0 Å². The number of thiocarbonyl (C=S) groups is 1. The number of benzene rings is 2. The van der Waals surface area contributed by atoms with Crippen molar-refractivity contribution < 1.29 is 23.8 Å². The minimum absolute atomic E-state index is 0.0891. The van der Waals surface area contributed by atoms with Crippen molar-refractivity contribution in [3.63, 3.8) is 0 Å². The van der Waals surface area contributed by atoms with Gasteiger partial charge in [-0.3, -0.25) is 4.79 Å². The first-order valence-corrected chi connectivity index (χ1v) is 9.50. The summed E-state index contributed by atoms with van der Waals surface area (Å²) < 4.78 is 16.2. The Morgan fingerprint density at radius 3 is 2.46 bits per heavy atom. The predicted molar refractivity (Wildman–Crippen MR) is 112 cm³/mol. The van der Waals surface area contributed by atoms with Gasteiger partial charge in [0.25, 0.3) is 5.91 Å². The number of nitrogens with one attached hydrogen (secondary N) is 1. The maximum absolute atomic E-state index is 12.4. The largest absolute Gasteiger partial charge is 0.497 e. The molecule has 0 saturated carbocycles. The highest BCUT2D eigenvalue weighted by Crippen LogP contribution is 2.38. The van der Waals surface area contributed by atoms with E-state index in [2.05, 4.69) is 5.32 Å². The lowest BCUT2D eigenvalue weighted by Crippen LogP contribution is -2.17. The van der Waals surface area contributed by atoms with Crippen molar-refractivity contribution in [3.05, 3.63) is 57.5 Å². The Morgan fingerprint density at radius 2 is 1.89 bits per heavy atom. The average Bonchev–Trinajstić information content (AvgIpc) is 3.00. The van der Waals surface area contributed by atoms with Gasteiger partial charge < -0.3 is 19.5 Å². The fourth-order valence-corrected chi connectivity index (χ4v) is 3.68. The number of hydrogen-bond acceptors (Lipinski definition) is 7. The maximum atomic E-state index is 12.4. The topological polar surface area (TPSA) is 73.9 Å². The van der Waals surface area contributed by atoms with E-state index in [0.717, 1.165) is 11.8 Å². The van der Waals surface area contributed by atoms with E-state index in [1.807, 2.05) is 0 Å². The molecule has 0 unspecified atom stereocenters. The number of ether oxygens (including phenoxy) is 3. The fraction of sp³-hybridized carbons (Fsp3) is 0.105. The van der Waals surface area contributed by atoms with E-state index in [1.165, 1.54) is 14.2 Å². The van der Waals surface area contributed by atoms with Crippen LogP contribution in [0.3, 0.4) is 0 Å². The zero-order valence-corrected chi connectivity index (χ0v) is 17.2. The van der Waals surface area contributed by atoms with Gasteiger partial charge in [0.15, 0.2) is 11.5 Å². The Kier molecular flexibility index (Phi) is 6.23. The first kappa shape index (κ1) is 20.2. The lowest BCUT2D eigenvalue weighted by atomic mass is 10.1. The minimum atomic E-state index is -0.593. The summed E-state index contributed by atoms with van der Waals surface area (Å²) in [5.41, 5.74) is 0.936. The van der Waals surface area contributed by atoms with Crippen LogP contribution in [-0.4, -0.2) is 30.4 Å². The summed E-state index contributed by atoms with van der Waals surface area (Å²) in [6.07, 6.45) is 1.63. The van der Waals surface area contributed by atoms with E-state index in [0.29, 0.717) is 26.1 Å². The summed E-state index contributed by atoms with van der Waals surface area (Å²) in [4.78, 5) is 24.7. The zero-order valence-electron chi connectivity index (χ0n) is 14.8. The molecule has 0 atom stereocenters. The predicted octanol–water partition coefficient (Wildman–Crippen LogP) is 4.07. The molecule has 1 saturated heterocycles. The van der Waals surface area contributed by atoms with Crippen LogP contribution in [0.2, 0.25) is 5.02 Å². The number of amides is 1. The normalized spacial score (nSPS) is 14.8. The minimum Gasteiger partial charge on any atom is -0.497 e. The molecule has 9 heteroatoms. The van der Waals surface area contributed by atoms with Crippen molar-refractivity contribution >= 4 is 57.9 Å². The lowest BCUT2D eigenvalue weighted by molar-refractivity contribution is -0.115. The van der Waals surface area contributed by atoms with Gasteiger partial charge in [-0.2, -0.15) is 0 Å². The van der Waals surface area contributed by atoms with Gasteiger partial charge in [0.2, 0.25) is 0 Å². The van der Waals surface area contributed by atoms with Crippen LogP contribution in [0.25, 0.3) is 6.08 Å². The quantitative estimate of drug-likeness (QED) is 0.328. The van der Waals surface area contributed by atoms with Crippen LogP contribution >= 0.6 is 35.6 Å². The molecule has 1 aliphatic heterocycles. The summed E-state index contributed by atoms with van der Waals surface area (Å²) in [5, 5.41) is 2.70. The smallest absolute Gasteiger partial charge is 0.343 e. The van der Waals surface area contributed by atoms with E-state index in [9.17, 15) is 9.59 Å². The Hall–Kier alpha value is -2.55. The third kappa shape index (κ3) is 4.46. The first-order valence-electron chi connectivity index (χ1n) is 7.90. The van der Waals surface area contributed by atoms with E-state index in [4.69, 9.17) is 38.0 Å². The molecule has 144 valence electrons. The Bertz CT molecular complexity index is 989. The molecule has 0 radical (unpaired) electrons. The average molecular weight is 436 g/mol. The van der Waals surface area contributed by atoms with Crippen LogP contribution < -0.4 is 19.5 Å². The van der Waals surface area contributed by atoms with Crippen LogP contribution in [0.4, 0.5) is 0 Å². The van der Waals surface area contributed by atoms with Gasteiger partial charge in [0.1, 0.15) is 10.1 Å². The van der Waals surface area contributed by atoms with Gasteiger partial charge in [-0.05, 0) is 48.0 Å². The molecule has 0 bridgehead atoms. The molecule has 6 nitrogen and oxygen atoms in total. The molecule has 1 aliphatic rings. The maximum Gasteiger partial charge on any atom is 0.343 e. The molecule has 0 aromatic heterocycles. The van der Waals surface area contributed by atoms with Crippen molar-refractivity contribution in [3.8, 4) is 17.2 Å². The number of halogens is 1. The molecule has 1 heterocycles. The lowest BCUT2D eigenvalue weighted by Gasteiger charge is -2.12. The molecule has 0 aliphatic carbocycles. The highest BCUT2D eigenvalue weighted by Gasteiger charge is 2.23. The Labute approximate surface area is 175 Å². The first-order chi connectivity index (χ1) is 13.4. The van der Waals surface area contributed by atoms with E-state index >= 15 is 0 Å². The monoisotopic (exact) mass is 435 g/mol. The molecule has 1 amide bonds. The molecule has 1 fully saturated rings. The van der Waals surface area contributed by atoms with Gasteiger partial charge >= 0.3 is 5.97 Å². The van der Waals surface area contributed by atoms with Crippen molar-refractivity contribution in [2.24, 2.45) is 0 Å². The second-order valence-corrected chi connectivity index (χ2v) is 7.63.